The van der Waals surface area contributed by atoms with Crippen molar-refractivity contribution in [1.29, 1.82) is 0 Å². The standard InChI is InChI=1S/C18H20ClN3S/c1-12-11-15-17(21-16(13(2)19)22-18(15)23-12)20-10-6-9-14-7-4-3-5-8-14/h3-5,7-8,11,13H,6,9-10H2,1-2H3,(H,20,21,22). The highest BCUT2D eigenvalue weighted by atomic mass is 35.5. The Morgan fingerprint density at radius 2 is 2.00 bits per heavy atom. The van der Waals surface area contributed by atoms with Crippen LogP contribution < -0.4 is 5.32 Å². The molecule has 3 aromatic rings. The minimum Gasteiger partial charge on any atom is -0.369 e. The van der Waals surface area contributed by atoms with Crippen LogP contribution in [0, 0.1) is 6.92 Å². The summed E-state index contributed by atoms with van der Waals surface area (Å²) in [7, 11) is 0. The minimum atomic E-state index is -0.188. The summed E-state index contributed by atoms with van der Waals surface area (Å²) in [5, 5.41) is 4.37. The second-order valence-electron chi connectivity index (χ2n) is 5.64. The van der Waals surface area contributed by atoms with Crippen LogP contribution in [0.15, 0.2) is 36.4 Å². The van der Waals surface area contributed by atoms with Crippen LogP contribution in [0.4, 0.5) is 5.82 Å². The number of thiophene rings is 1. The summed E-state index contributed by atoms with van der Waals surface area (Å²) in [6.07, 6.45) is 2.12. The SMILES string of the molecule is Cc1cc2c(NCCCc3ccccc3)nc(C(C)Cl)nc2s1. The van der Waals surface area contributed by atoms with Gasteiger partial charge < -0.3 is 5.32 Å². The van der Waals surface area contributed by atoms with E-state index in [0.717, 1.165) is 35.4 Å². The van der Waals surface area contributed by atoms with Crippen molar-refractivity contribution in [3.63, 3.8) is 0 Å². The van der Waals surface area contributed by atoms with Crippen LogP contribution in [0.2, 0.25) is 0 Å². The number of halogens is 1. The van der Waals surface area contributed by atoms with Crippen molar-refractivity contribution in [2.24, 2.45) is 0 Å². The van der Waals surface area contributed by atoms with Crippen LogP contribution in [0.3, 0.4) is 0 Å². The predicted octanol–water partition coefficient (Wildman–Crippen LogP) is 5.34. The van der Waals surface area contributed by atoms with E-state index in [1.165, 1.54) is 10.4 Å². The van der Waals surface area contributed by atoms with Crippen molar-refractivity contribution in [3.05, 3.63) is 52.7 Å². The number of rotatable bonds is 6. The summed E-state index contributed by atoms with van der Waals surface area (Å²) in [6, 6.07) is 12.7. The zero-order valence-corrected chi connectivity index (χ0v) is 14.9. The van der Waals surface area contributed by atoms with Crippen molar-refractivity contribution < 1.29 is 0 Å². The van der Waals surface area contributed by atoms with E-state index in [1.807, 2.05) is 13.0 Å². The molecule has 0 bridgehead atoms. The third-order valence-corrected chi connectivity index (χ3v) is 4.81. The molecule has 1 unspecified atom stereocenters. The summed E-state index contributed by atoms with van der Waals surface area (Å²) in [5.74, 6) is 1.58. The zero-order chi connectivity index (χ0) is 16.2. The fraction of sp³-hybridized carbons (Fsp3) is 0.333. The molecule has 2 heterocycles. The van der Waals surface area contributed by atoms with E-state index in [0.29, 0.717) is 5.82 Å². The van der Waals surface area contributed by atoms with Gasteiger partial charge in [0, 0.05) is 11.4 Å². The molecule has 0 saturated carbocycles. The molecule has 0 fully saturated rings. The molecular formula is C18H20ClN3S. The zero-order valence-electron chi connectivity index (χ0n) is 13.3. The quantitative estimate of drug-likeness (QED) is 0.483. The number of hydrogen-bond acceptors (Lipinski definition) is 4. The van der Waals surface area contributed by atoms with Crippen molar-refractivity contribution in [1.82, 2.24) is 9.97 Å². The van der Waals surface area contributed by atoms with Crippen LogP contribution in [0.1, 0.15) is 35.0 Å². The van der Waals surface area contributed by atoms with E-state index in [2.05, 4.69) is 52.5 Å². The summed E-state index contributed by atoms with van der Waals surface area (Å²) >= 11 is 7.86. The number of aryl methyl sites for hydroxylation is 2. The van der Waals surface area contributed by atoms with E-state index in [4.69, 9.17) is 11.6 Å². The van der Waals surface area contributed by atoms with Crippen LogP contribution in [0.5, 0.6) is 0 Å². The predicted molar refractivity (Wildman–Crippen MR) is 99.7 cm³/mol. The van der Waals surface area contributed by atoms with Gasteiger partial charge in [-0.25, -0.2) is 9.97 Å². The Morgan fingerprint density at radius 1 is 1.22 bits per heavy atom. The largest absolute Gasteiger partial charge is 0.369 e. The number of benzene rings is 1. The lowest BCUT2D eigenvalue weighted by Gasteiger charge is -2.10. The molecule has 0 aliphatic carbocycles. The molecule has 3 rings (SSSR count). The Hall–Kier alpha value is -1.65. The molecule has 120 valence electrons. The topological polar surface area (TPSA) is 37.8 Å². The number of anilines is 1. The Morgan fingerprint density at radius 3 is 2.74 bits per heavy atom. The first-order valence-corrected chi connectivity index (χ1v) is 9.08. The van der Waals surface area contributed by atoms with E-state index >= 15 is 0 Å². The number of fused-ring (bicyclic) bond motifs is 1. The van der Waals surface area contributed by atoms with Crippen molar-refractivity contribution >= 4 is 39.0 Å². The van der Waals surface area contributed by atoms with E-state index in [-0.39, 0.29) is 5.38 Å². The van der Waals surface area contributed by atoms with Gasteiger partial charge in [-0.3, -0.25) is 0 Å². The Kier molecular flexibility index (Phi) is 5.13. The second-order valence-corrected chi connectivity index (χ2v) is 7.53. The maximum absolute atomic E-state index is 6.18. The molecule has 23 heavy (non-hydrogen) atoms. The van der Waals surface area contributed by atoms with Crippen LogP contribution in [-0.4, -0.2) is 16.5 Å². The van der Waals surface area contributed by atoms with E-state index < -0.39 is 0 Å². The van der Waals surface area contributed by atoms with Crippen molar-refractivity contribution in [2.75, 3.05) is 11.9 Å². The van der Waals surface area contributed by atoms with Crippen LogP contribution >= 0.6 is 22.9 Å². The van der Waals surface area contributed by atoms with Gasteiger partial charge in [0.15, 0.2) is 0 Å². The first-order valence-electron chi connectivity index (χ1n) is 7.83. The maximum atomic E-state index is 6.18. The van der Waals surface area contributed by atoms with Crippen LogP contribution in [0.25, 0.3) is 10.2 Å². The van der Waals surface area contributed by atoms with Crippen molar-refractivity contribution in [2.45, 2.75) is 32.1 Å². The summed E-state index contributed by atoms with van der Waals surface area (Å²) < 4.78 is 0. The lowest BCUT2D eigenvalue weighted by atomic mass is 10.1. The van der Waals surface area contributed by atoms with E-state index in [9.17, 15) is 0 Å². The molecule has 3 nitrogen and oxygen atoms in total. The smallest absolute Gasteiger partial charge is 0.149 e. The lowest BCUT2D eigenvalue weighted by molar-refractivity contribution is 0.853. The third kappa shape index (κ3) is 4.01. The fourth-order valence-corrected chi connectivity index (χ4v) is 3.50. The normalized spacial score (nSPS) is 12.5. The highest BCUT2D eigenvalue weighted by molar-refractivity contribution is 7.18. The third-order valence-electron chi connectivity index (χ3n) is 3.67. The molecule has 0 aliphatic rings. The average Bonchev–Trinajstić information content (AvgIpc) is 2.92. The maximum Gasteiger partial charge on any atom is 0.149 e. The van der Waals surface area contributed by atoms with Gasteiger partial charge in [-0.15, -0.1) is 22.9 Å². The van der Waals surface area contributed by atoms with Gasteiger partial charge in [0.2, 0.25) is 0 Å². The molecule has 1 atom stereocenters. The molecule has 0 saturated heterocycles. The van der Waals surface area contributed by atoms with Gasteiger partial charge >= 0.3 is 0 Å². The Balaban J connectivity index is 1.71. The van der Waals surface area contributed by atoms with Gasteiger partial charge in [0.05, 0.1) is 10.8 Å². The molecular weight excluding hydrogens is 326 g/mol. The lowest BCUT2D eigenvalue weighted by Crippen LogP contribution is -2.07. The molecule has 1 N–H and O–H groups in total. The molecule has 0 radical (unpaired) electrons. The molecule has 5 heteroatoms. The van der Waals surface area contributed by atoms with Gasteiger partial charge in [-0.2, -0.15) is 0 Å². The molecule has 0 spiro atoms. The van der Waals surface area contributed by atoms with E-state index in [1.54, 1.807) is 11.3 Å². The minimum absolute atomic E-state index is 0.188. The number of hydrogen-bond donors (Lipinski definition) is 1. The Bertz CT molecular complexity index is 784. The molecule has 2 aromatic heterocycles. The van der Waals surface area contributed by atoms with Gasteiger partial charge in [-0.1, -0.05) is 30.3 Å². The highest BCUT2D eigenvalue weighted by Gasteiger charge is 2.13. The highest BCUT2D eigenvalue weighted by Crippen LogP contribution is 2.30. The molecule has 1 aromatic carbocycles. The van der Waals surface area contributed by atoms with Crippen LogP contribution in [-0.2, 0) is 6.42 Å². The monoisotopic (exact) mass is 345 g/mol. The van der Waals surface area contributed by atoms with Crippen molar-refractivity contribution in [3.8, 4) is 0 Å². The number of nitrogens with zero attached hydrogens (tertiary/aromatic N) is 2. The molecule has 0 amide bonds. The number of aromatic nitrogens is 2. The summed E-state index contributed by atoms with van der Waals surface area (Å²) in [4.78, 5) is 11.4. The average molecular weight is 346 g/mol. The van der Waals surface area contributed by atoms with Gasteiger partial charge in [0.1, 0.15) is 16.5 Å². The second kappa shape index (κ2) is 7.28. The fourth-order valence-electron chi connectivity index (χ4n) is 2.52. The number of alkyl halides is 1. The van der Waals surface area contributed by atoms with Gasteiger partial charge in [0.25, 0.3) is 0 Å². The summed E-state index contributed by atoms with van der Waals surface area (Å²) in [6.45, 7) is 4.88. The first kappa shape index (κ1) is 16.2. The Labute approximate surface area is 145 Å². The molecule has 0 aliphatic heterocycles. The van der Waals surface area contributed by atoms with Gasteiger partial charge in [-0.05, 0) is 38.3 Å². The summed E-state index contributed by atoms with van der Waals surface area (Å²) in [5.41, 5.74) is 1.36. The first-order chi connectivity index (χ1) is 11.1. The number of nitrogens with one attached hydrogen (secondary N) is 1.